The summed E-state index contributed by atoms with van der Waals surface area (Å²) in [7, 11) is 0. The maximum atomic E-state index is 8.72. The van der Waals surface area contributed by atoms with Crippen molar-refractivity contribution in [3.63, 3.8) is 0 Å². The molecule has 1 rings (SSSR count). The van der Waals surface area contributed by atoms with E-state index in [0.29, 0.717) is 5.56 Å². The predicted octanol–water partition coefficient (Wildman–Crippen LogP) is 2.59. The number of hydrogen-bond acceptors (Lipinski definition) is 2. The van der Waals surface area contributed by atoms with E-state index in [2.05, 4.69) is 27.0 Å². The molecule has 0 amide bonds. The molecule has 0 atom stereocenters. The molecule has 1 aromatic heterocycles. The van der Waals surface area contributed by atoms with Gasteiger partial charge in [0.1, 0.15) is 10.7 Å². The largest absolute Gasteiger partial charge is 0.245 e. The van der Waals surface area contributed by atoms with Gasteiger partial charge in [-0.05, 0) is 40.9 Å². The molecule has 0 aliphatic heterocycles. The SMILES string of the molecule is CCc1cc(C#N)c(C)nc1Br. The monoisotopic (exact) mass is 224 g/mol. The van der Waals surface area contributed by atoms with E-state index < -0.39 is 0 Å². The topological polar surface area (TPSA) is 36.7 Å². The van der Waals surface area contributed by atoms with E-state index in [9.17, 15) is 0 Å². The summed E-state index contributed by atoms with van der Waals surface area (Å²) in [6.07, 6.45) is 0.891. The summed E-state index contributed by atoms with van der Waals surface area (Å²) in [4.78, 5) is 4.21. The Labute approximate surface area is 80.4 Å². The highest BCUT2D eigenvalue weighted by atomic mass is 79.9. The molecular weight excluding hydrogens is 216 g/mol. The van der Waals surface area contributed by atoms with Crippen LogP contribution in [-0.2, 0) is 6.42 Å². The molecule has 0 aromatic carbocycles. The second-order valence-corrected chi connectivity index (χ2v) is 3.29. The zero-order valence-corrected chi connectivity index (χ0v) is 8.64. The quantitative estimate of drug-likeness (QED) is 0.688. The van der Waals surface area contributed by atoms with E-state index in [0.717, 1.165) is 22.3 Å². The Morgan fingerprint density at radius 2 is 2.33 bits per heavy atom. The molecule has 0 radical (unpaired) electrons. The maximum Gasteiger partial charge on any atom is 0.109 e. The highest BCUT2D eigenvalue weighted by Gasteiger charge is 2.04. The van der Waals surface area contributed by atoms with Gasteiger partial charge < -0.3 is 0 Å². The molecule has 12 heavy (non-hydrogen) atoms. The molecule has 0 spiro atoms. The molecule has 0 saturated carbocycles. The van der Waals surface area contributed by atoms with Crippen molar-refractivity contribution in [2.45, 2.75) is 20.3 Å². The lowest BCUT2D eigenvalue weighted by atomic mass is 10.1. The lowest BCUT2D eigenvalue weighted by Gasteiger charge is -2.02. The third-order valence-electron chi connectivity index (χ3n) is 1.74. The molecule has 0 bridgehead atoms. The van der Waals surface area contributed by atoms with Crippen LogP contribution in [0.4, 0.5) is 0 Å². The summed E-state index contributed by atoms with van der Waals surface area (Å²) in [5.41, 5.74) is 2.52. The molecule has 3 heteroatoms. The van der Waals surface area contributed by atoms with E-state index in [4.69, 9.17) is 5.26 Å². The van der Waals surface area contributed by atoms with Crippen LogP contribution in [-0.4, -0.2) is 4.98 Å². The van der Waals surface area contributed by atoms with E-state index in [1.54, 1.807) is 0 Å². The number of rotatable bonds is 1. The minimum atomic E-state index is 0.662. The van der Waals surface area contributed by atoms with E-state index >= 15 is 0 Å². The van der Waals surface area contributed by atoms with Crippen LogP contribution in [0.1, 0.15) is 23.7 Å². The predicted molar refractivity (Wildman–Crippen MR) is 50.8 cm³/mol. The fraction of sp³-hybridized carbons (Fsp3) is 0.333. The van der Waals surface area contributed by atoms with Gasteiger partial charge in [0.2, 0.25) is 0 Å². The van der Waals surface area contributed by atoms with Crippen LogP contribution in [0.2, 0.25) is 0 Å². The van der Waals surface area contributed by atoms with Gasteiger partial charge in [-0.15, -0.1) is 0 Å². The zero-order chi connectivity index (χ0) is 9.14. The van der Waals surface area contributed by atoms with Crippen molar-refractivity contribution in [1.29, 1.82) is 5.26 Å². The van der Waals surface area contributed by atoms with Gasteiger partial charge in [-0.3, -0.25) is 0 Å². The standard InChI is InChI=1S/C9H9BrN2/c1-3-7-4-8(5-11)6(2)12-9(7)10/h4H,3H2,1-2H3. The fourth-order valence-electron chi connectivity index (χ4n) is 0.979. The summed E-state index contributed by atoms with van der Waals surface area (Å²) >= 11 is 3.35. The third kappa shape index (κ3) is 1.64. The average Bonchev–Trinajstić information content (AvgIpc) is 2.05. The Balaban J connectivity index is 3.30. The van der Waals surface area contributed by atoms with E-state index in [1.807, 2.05) is 19.9 Å². The molecule has 62 valence electrons. The van der Waals surface area contributed by atoms with Crippen molar-refractivity contribution in [3.05, 3.63) is 27.5 Å². The maximum absolute atomic E-state index is 8.72. The Kier molecular flexibility index (Phi) is 2.83. The van der Waals surface area contributed by atoms with Crippen molar-refractivity contribution < 1.29 is 0 Å². The summed E-state index contributed by atoms with van der Waals surface area (Å²) in [5.74, 6) is 0. The van der Waals surface area contributed by atoms with Gasteiger partial charge in [0.05, 0.1) is 11.3 Å². The fourth-order valence-corrected chi connectivity index (χ4v) is 1.64. The first-order valence-electron chi connectivity index (χ1n) is 3.75. The number of halogens is 1. The van der Waals surface area contributed by atoms with Gasteiger partial charge in [-0.1, -0.05) is 6.92 Å². The summed E-state index contributed by atoms with van der Waals surface area (Å²) in [5, 5.41) is 8.72. The molecule has 0 fully saturated rings. The second kappa shape index (κ2) is 3.68. The van der Waals surface area contributed by atoms with Crippen molar-refractivity contribution >= 4 is 15.9 Å². The highest BCUT2D eigenvalue weighted by Crippen LogP contribution is 2.17. The van der Waals surface area contributed by atoms with Gasteiger partial charge in [0, 0.05) is 0 Å². The van der Waals surface area contributed by atoms with Gasteiger partial charge >= 0.3 is 0 Å². The number of aryl methyl sites for hydroxylation is 2. The van der Waals surface area contributed by atoms with Crippen LogP contribution >= 0.6 is 15.9 Å². The van der Waals surface area contributed by atoms with Crippen LogP contribution in [0.15, 0.2) is 10.7 Å². The number of nitriles is 1. The van der Waals surface area contributed by atoms with Gasteiger partial charge in [0.25, 0.3) is 0 Å². The lowest BCUT2D eigenvalue weighted by Crippen LogP contribution is -1.93. The minimum absolute atomic E-state index is 0.662. The van der Waals surface area contributed by atoms with E-state index in [1.165, 1.54) is 0 Å². The minimum Gasteiger partial charge on any atom is -0.245 e. The van der Waals surface area contributed by atoms with Crippen molar-refractivity contribution in [1.82, 2.24) is 4.98 Å². The highest BCUT2D eigenvalue weighted by molar-refractivity contribution is 9.10. The van der Waals surface area contributed by atoms with Crippen LogP contribution in [0.5, 0.6) is 0 Å². The molecule has 0 aliphatic carbocycles. The van der Waals surface area contributed by atoms with Crippen LogP contribution < -0.4 is 0 Å². The van der Waals surface area contributed by atoms with Crippen LogP contribution in [0.25, 0.3) is 0 Å². The molecule has 0 aliphatic rings. The first-order valence-corrected chi connectivity index (χ1v) is 4.54. The lowest BCUT2D eigenvalue weighted by molar-refractivity contribution is 1.04. The molecule has 0 N–H and O–H groups in total. The molecule has 1 aromatic rings. The Hall–Kier alpha value is -0.880. The molecule has 1 heterocycles. The third-order valence-corrected chi connectivity index (χ3v) is 2.43. The van der Waals surface area contributed by atoms with Crippen LogP contribution in [0, 0.1) is 18.3 Å². The number of hydrogen-bond donors (Lipinski definition) is 0. The number of nitrogens with zero attached hydrogens (tertiary/aromatic N) is 2. The average molecular weight is 225 g/mol. The summed E-state index contributed by atoms with van der Waals surface area (Å²) < 4.78 is 0.849. The Morgan fingerprint density at radius 3 is 2.83 bits per heavy atom. The van der Waals surface area contributed by atoms with Crippen molar-refractivity contribution in [2.75, 3.05) is 0 Å². The van der Waals surface area contributed by atoms with Gasteiger partial charge in [-0.25, -0.2) is 4.98 Å². The molecular formula is C9H9BrN2. The summed E-state index contributed by atoms with van der Waals surface area (Å²) in [6.45, 7) is 3.88. The first kappa shape index (κ1) is 9.21. The Morgan fingerprint density at radius 1 is 1.67 bits per heavy atom. The van der Waals surface area contributed by atoms with E-state index in [-0.39, 0.29) is 0 Å². The Bertz CT molecular complexity index is 339. The summed E-state index contributed by atoms with van der Waals surface area (Å²) in [6, 6.07) is 4.00. The molecule has 2 nitrogen and oxygen atoms in total. The second-order valence-electron chi connectivity index (χ2n) is 2.54. The first-order chi connectivity index (χ1) is 5.69. The van der Waals surface area contributed by atoms with Crippen molar-refractivity contribution in [3.8, 4) is 6.07 Å². The zero-order valence-electron chi connectivity index (χ0n) is 7.06. The van der Waals surface area contributed by atoms with Crippen LogP contribution in [0.3, 0.4) is 0 Å². The van der Waals surface area contributed by atoms with Gasteiger partial charge in [-0.2, -0.15) is 5.26 Å². The number of pyridine rings is 1. The molecule has 0 unspecified atom stereocenters. The van der Waals surface area contributed by atoms with Crippen molar-refractivity contribution in [2.24, 2.45) is 0 Å². The number of aromatic nitrogens is 1. The van der Waals surface area contributed by atoms with Gasteiger partial charge in [0.15, 0.2) is 0 Å². The molecule has 0 saturated heterocycles. The normalized spacial score (nSPS) is 9.50. The smallest absolute Gasteiger partial charge is 0.109 e.